The first-order chi connectivity index (χ1) is 9.15. The molecule has 2 aromatic carbocycles. The van der Waals surface area contributed by atoms with E-state index in [9.17, 15) is 8.78 Å². The van der Waals surface area contributed by atoms with Gasteiger partial charge in [-0.25, -0.2) is 8.78 Å². The van der Waals surface area contributed by atoms with E-state index < -0.39 is 11.6 Å². The van der Waals surface area contributed by atoms with Crippen LogP contribution in [0.15, 0.2) is 36.4 Å². The van der Waals surface area contributed by atoms with Crippen molar-refractivity contribution >= 4 is 0 Å². The van der Waals surface area contributed by atoms with Gasteiger partial charge in [0, 0.05) is 11.6 Å². The maximum absolute atomic E-state index is 13.8. The van der Waals surface area contributed by atoms with Gasteiger partial charge in [-0.2, -0.15) is 5.26 Å². The summed E-state index contributed by atoms with van der Waals surface area (Å²) in [4.78, 5) is 0. The first-order valence-electron chi connectivity index (χ1n) is 6.14. The number of aryl methyl sites for hydroxylation is 1. The van der Waals surface area contributed by atoms with Gasteiger partial charge >= 0.3 is 0 Å². The van der Waals surface area contributed by atoms with Crippen molar-refractivity contribution in [1.29, 1.82) is 5.26 Å². The third-order valence-corrected chi connectivity index (χ3v) is 2.98. The highest BCUT2D eigenvalue weighted by molar-refractivity contribution is 5.65. The molecular formula is C16H13F2N. The number of nitrogens with zero attached hydrogens (tertiary/aromatic N) is 1. The molecule has 0 saturated heterocycles. The number of halogens is 2. The van der Waals surface area contributed by atoms with Gasteiger partial charge in [-0.05, 0) is 35.7 Å². The highest BCUT2D eigenvalue weighted by atomic mass is 19.1. The van der Waals surface area contributed by atoms with Crippen LogP contribution in [0.3, 0.4) is 0 Å². The fourth-order valence-corrected chi connectivity index (χ4v) is 2.00. The normalized spacial score (nSPS) is 10.2. The SMILES string of the molecule is CCCc1cc(-c2ccc(C#N)cc2)c(F)cc1F. The molecule has 0 aliphatic heterocycles. The van der Waals surface area contributed by atoms with Crippen LogP contribution in [0.1, 0.15) is 24.5 Å². The number of hydrogen-bond acceptors (Lipinski definition) is 1. The van der Waals surface area contributed by atoms with Gasteiger partial charge < -0.3 is 0 Å². The first-order valence-corrected chi connectivity index (χ1v) is 6.14. The predicted molar refractivity (Wildman–Crippen MR) is 70.5 cm³/mol. The minimum absolute atomic E-state index is 0.370. The fraction of sp³-hybridized carbons (Fsp3) is 0.188. The number of rotatable bonds is 3. The lowest BCUT2D eigenvalue weighted by atomic mass is 9.99. The van der Waals surface area contributed by atoms with Crippen LogP contribution in [0.2, 0.25) is 0 Å². The second-order valence-electron chi connectivity index (χ2n) is 4.36. The second kappa shape index (κ2) is 5.62. The maximum atomic E-state index is 13.8. The molecule has 19 heavy (non-hydrogen) atoms. The molecule has 0 aliphatic carbocycles. The van der Waals surface area contributed by atoms with Gasteiger partial charge in [0.2, 0.25) is 0 Å². The summed E-state index contributed by atoms with van der Waals surface area (Å²) < 4.78 is 27.4. The van der Waals surface area contributed by atoms with Gasteiger partial charge in [-0.3, -0.25) is 0 Å². The van der Waals surface area contributed by atoms with E-state index in [0.29, 0.717) is 28.7 Å². The van der Waals surface area contributed by atoms with Crippen LogP contribution in [0.4, 0.5) is 8.78 Å². The zero-order chi connectivity index (χ0) is 13.8. The van der Waals surface area contributed by atoms with E-state index in [1.54, 1.807) is 30.3 Å². The predicted octanol–water partition coefficient (Wildman–Crippen LogP) is 4.46. The van der Waals surface area contributed by atoms with Gasteiger partial charge in [0.15, 0.2) is 0 Å². The summed E-state index contributed by atoms with van der Waals surface area (Å²) in [6.45, 7) is 1.95. The van der Waals surface area contributed by atoms with E-state index in [1.807, 2.05) is 13.0 Å². The third kappa shape index (κ3) is 2.79. The Kier molecular flexibility index (Phi) is 3.91. The molecule has 1 nitrogen and oxygen atoms in total. The van der Waals surface area contributed by atoms with Crippen molar-refractivity contribution in [3.05, 3.63) is 59.2 Å². The lowest BCUT2D eigenvalue weighted by Gasteiger charge is -2.08. The van der Waals surface area contributed by atoms with Crippen molar-refractivity contribution in [2.45, 2.75) is 19.8 Å². The van der Waals surface area contributed by atoms with Gasteiger partial charge in [0.05, 0.1) is 11.6 Å². The molecule has 2 aromatic rings. The monoisotopic (exact) mass is 257 g/mol. The molecule has 0 bridgehead atoms. The molecule has 2 rings (SSSR count). The molecule has 3 heteroatoms. The summed E-state index contributed by atoms with van der Waals surface area (Å²) in [5.41, 5.74) is 2.05. The summed E-state index contributed by atoms with van der Waals surface area (Å²) in [6.07, 6.45) is 1.38. The van der Waals surface area contributed by atoms with E-state index in [2.05, 4.69) is 0 Å². The van der Waals surface area contributed by atoms with Gasteiger partial charge in [-0.1, -0.05) is 25.5 Å². The van der Waals surface area contributed by atoms with Crippen molar-refractivity contribution in [2.75, 3.05) is 0 Å². The molecule has 0 fully saturated rings. The molecule has 0 aliphatic rings. The standard InChI is InChI=1S/C16H13F2N/c1-2-3-13-8-14(16(18)9-15(13)17)12-6-4-11(10-19)5-7-12/h4-9H,2-3H2,1H3. The molecule has 0 radical (unpaired) electrons. The molecule has 96 valence electrons. The third-order valence-electron chi connectivity index (χ3n) is 2.98. The molecule has 0 spiro atoms. The number of hydrogen-bond donors (Lipinski definition) is 0. The van der Waals surface area contributed by atoms with Crippen molar-refractivity contribution < 1.29 is 8.78 Å². The Morgan fingerprint density at radius 1 is 1.05 bits per heavy atom. The summed E-state index contributed by atoms with van der Waals surface area (Å²) in [6, 6.07) is 11.1. The van der Waals surface area contributed by atoms with E-state index >= 15 is 0 Å². The van der Waals surface area contributed by atoms with Crippen molar-refractivity contribution in [2.24, 2.45) is 0 Å². The molecule has 0 aromatic heterocycles. The minimum atomic E-state index is -0.581. The molecular weight excluding hydrogens is 244 g/mol. The minimum Gasteiger partial charge on any atom is -0.207 e. The summed E-state index contributed by atoms with van der Waals surface area (Å²) in [5.74, 6) is -1.08. The average molecular weight is 257 g/mol. The topological polar surface area (TPSA) is 23.8 Å². The summed E-state index contributed by atoms with van der Waals surface area (Å²) in [7, 11) is 0. The van der Waals surface area contributed by atoms with Crippen LogP contribution >= 0.6 is 0 Å². The summed E-state index contributed by atoms with van der Waals surface area (Å²) >= 11 is 0. The fourth-order valence-electron chi connectivity index (χ4n) is 2.00. The lowest BCUT2D eigenvalue weighted by molar-refractivity contribution is 0.573. The zero-order valence-corrected chi connectivity index (χ0v) is 10.6. The van der Waals surface area contributed by atoms with Crippen LogP contribution in [-0.4, -0.2) is 0 Å². The van der Waals surface area contributed by atoms with E-state index in [0.717, 1.165) is 12.5 Å². The van der Waals surface area contributed by atoms with Crippen LogP contribution in [-0.2, 0) is 6.42 Å². The Labute approximate surface area is 111 Å². The van der Waals surface area contributed by atoms with Gasteiger partial charge in [0.25, 0.3) is 0 Å². The molecule has 0 N–H and O–H groups in total. The quantitative estimate of drug-likeness (QED) is 0.796. The van der Waals surface area contributed by atoms with Crippen LogP contribution in [0.5, 0.6) is 0 Å². The molecule has 0 heterocycles. The van der Waals surface area contributed by atoms with Crippen molar-refractivity contribution in [3.63, 3.8) is 0 Å². The Balaban J connectivity index is 2.48. The van der Waals surface area contributed by atoms with Crippen LogP contribution in [0, 0.1) is 23.0 Å². The smallest absolute Gasteiger partial charge is 0.133 e. The highest BCUT2D eigenvalue weighted by Crippen LogP contribution is 2.26. The number of nitriles is 1. The average Bonchev–Trinajstić information content (AvgIpc) is 2.42. The van der Waals surface area contributed by atoms with Crippen molar-refractivity contribution in [1.82, 2.24) is 0 Å². The van der Waals surface area contributed by atoms with E-state index in [-0.39, 0.29) is 0 Å². The number of benzene rings is 2. The molecule has 0 atom stereocenters. The summed E-state index contributed by atoms with van der Waals surface area (Å²) in [5, 5.41) is 8.73. The van der Waals surface area contributed by atoms with Gasteiger partial charge in [-0.15, -0.1) is 0 Å². The maximum Gasteiger partial charge on any atom is 0.133 e. The Bertz CT molecular complexity index is 624. The second-order valence-corrected chi connectivity index (χ2v) is 4.36. The van der Waals surface area contributed by atoms with Gasteiger partial charge in [0.1, 0.15) is 11.6 Å². The first kappa shape index (κ1) is 13.2. The van der Waals surface area contributed by atoms with Crippen molar-refractivity contribution in [3.8, 4) is 17.2 Å². The lowest BCUT2D eigenvalue weighted by Crippen LogP contribution is -1.95. The molecule has 0 amide bonds. The van der Waals surface area contributed by atoms with E-state index in [1.165, 1.54) is 0 Å². The molecule has 0 saturated carbocycles. The van der Waals surface area contributed by atoms with Crippen LogP contribution in [0.25, 0.3) is 11.1 Å². The zero-order valence-electron chi connectivity index (χ0n) is 10.6. The van der Waals surface area contributed by atoms with E-state index in [4.69, 9.17) is 5.26 Å². The molecule has 0 unspecified atom stereocenters. The highest BCUT2D eigenvalue weighted by Gasteiger charge is 2.11. The Morgan fingerprint density at radius 3 is 2.32 bits per heavy atom. The Morgan fingerprint density at radius 2 is 1.74 bits per heavy atom. The largest absolute Gasteiger partial charge is 0.207 e. The van der Waals surface area contributed by atoms with Crippen LogP contribution < -0.4 is 0 Å². The Hall–Kier alpha value is -2.21.